The molecule has 0 atom stereocenters. The average molecular weight is 249 g/mol. The molecule has 1 aliphatic heterocycles. The summed E-state index contributed by atoms with van der Waals surface area (Å²) >= 11 is 0. The number of benzene rings is 1. The summed E-state index contributed by atoms with van der Waals surface area (Å²) in [6, 6.07) is 7.90. The van der Waals surface area contributed by atoms with Crippen LogP contribution in [-0.4, -0.2) is 37.2 Å². The third-order valence-corrected chi connectivity index (χ3v) is 3.18. The zero-order valence-electron chi connectivity index (χ0n) is 10.5. The maximum absolute atomic E-state index is 9.48. The minimum absolute atomic E-state index is 0.148. The molecule has 1 aromatic rings. The van der Waals surface area contributed by atoms with Gasteiger partial charge in [0, 0.05) is 24.3 Å². The third-order valence-electron chi connectivity index (χ3n) is 3.18. The highest BCUT2D eigenvalue weighted by molar-refractivity contribution is 5.97. The van der Waals surface area contributed by atoms with Crippen LogP contribution in [0.25, 0.3) is 0 Å². The van der Waals surface area contributed by atoms with E-state index in [0.29, 0.717) is 5.84 Å². The van der Waals surface area contributed by atoms with E-state index in [1.54, 1.807) is 0 Å². The van der Waals surface area contributed by atoms with E-state index in [-0.39, 0.29) is 6.10 Å². The average Bonchev–Trinajstić information content (AvgIpc) is 2.40. The van der Waals surface area contributed by atoms with Gasteiger partial charge >= 0.3 is 0 Å². The fourth-order valence-electron chi connectivity index (χ4n) is 2.12. The van der Waals surface area contributed by atoms with Crippen LogP contribution in [0.3, 0.4) is 0 Å². The number of aliphatic hydroxyl groups is 1. The highest BCUT2D eigenvalue weighted by Gasteiger charge is 2.17. The Morgan fingerprint density at radius 1 is 1.33 bits per heavy atom. The van der Waals surface area contributed by atoms with Crippen molar-refractivity contribution in [3.63, 3.8) is 0 Å². The Labute approximate surface area is 107 Å². The Morgan fingerprint density at radius 3 is 2.50 bits per heavy atom. The quantitative estimate of drug-likeness (QED) is 0.474. The highest BCUT2D eigenvalue weighted by atomic mass is 16.6. The largest absolute Gasteiger partial charge is 0.397 e. The number of rotatable bonds is 3. The third kappa shape index (κ3) is 2.92. The molecule has 0 unspecified atom stereocenters. The Kier molecular flexibility index (Phi) is 4.04. The standard InChI is InChI=1S/C13H19N3O2/c1-18-15-13(14)10-2-4-11(5-3-10)16-8-6-12(17)7-9-16/h2-5,12,17H,6-9H2,1H3,(H2,14,15). The Balaban J connectivity index is 2.06. The lowest BCUT2D eigenvalue weighted by Crippen LogP contribution is -2.35. The van der Waals surface area contributed by atoms with Gasteiger partial charge in [0.05, 0.1) is 6.10 Å². The molecular weight excluding hydrogens is 230 g/mol. The molecule has 5 heteroatoms. The molecule has 1 saturated heterocycles. The molecule has 0 saturated carbocycles. The number of amidine groups is 1. The molecule has 0 amide bonds. The zero-order chi connectivity index (χ0) is 13.0. The van der Waals surface area contributed by atoms with Gasteiger partial charge in [-0.05, 0) is 37.1 Å². The summed E-state index contributed by atoms with van der Waals surface area (Å²) < 4.78 is 0. The van der Waals surface area contributed by atoms with Crippen molar-refractivity contribution >= 4 is 11.5 Å². The van der Waals surface area contributed by atoms with E-state index in [0.717, 1.165) is 37.2 Å². The number of oxime groups is 1. The summed E-state index contributed by atoms with van der Waals surface area (Å²) in [5, 5.41) is 13.2. The van der Waals surface area contributed by atoms with Crippen molar-refractivity contribution in [3.05, 3.63) is 29.8 Å². The van der Waals surface area contributed by atoms with Crippen LogP contribution < -0.4 is 10.6 Å². The van der Waals surface area contributed by atoms with Gasteiger partial charge in [-0.25, -0.2) is 0 Å². The monoisotopic (exact) mass is 249 g/mol. The van der Waals surface area contributed by atoms with Gasteiger partial charge < -0.3 is 20.6 Å². The topological polar surface area (TPSA) is 71.1 Å². The summed E-state index contributed by atoms with van der Waals surface area (Å²) in [5.41, 5.74) is 7.72. The van der Waals surface area contributed by atoms with Crippen molar-refractivity contribution in [1.29, 1.82) is 0 Å². The van der Waals surface area contributed by atoms with E-state index in [2.05, 4.69) is 14.9 Å². The second kappa shape index (κ2) is 5.73. The summed E-state index contributed by atoms with van der Waals surface area (Å²) in [4.78, 5) is 6.91. The number of nitrogens with zero attached hydrogens (tertiary/aromatic N) is 2. The Morgan fingerprint density at radius 2 is 1.94 bits per heavy atom. The van der Waals surface area contributed by atoms with E-state index in [1.807, 2.05) is 24.3 Å². The lowest BCUT2D eigenvalue weighted by Gasteiger charge is -2.31. The van der Waals surface area contributed by atoms with Crippen molar-refractivity contribution in [1.82, 2.24) is 0 Å². The van der Waals surface area contributed by atoms with Crippen molar-refractivity contribution in [3.8, 4) is 0 Å². The van der Waals surface area contributed by atoms with Crippen molar-refractivity contribution in [2.45, 2.75) is 18.9 Å². The second-order valence-electron chi connectivity index (χ2n) is 4.42. The summed E-state index contributed by atoms with van der Waals surface area (Å²) in [7, 11) is 1.47. The van der Waals surface area contributed by atoms with Crippen LogP contribution in [-0.2, 0) is 4.84 Å². The smallest absolute Gasteiger partial charge is 0.170 e. The van der Waals surface area contributed by atoms with E-state index >= 15 is 0 Å². The fraction of sp³-hybridized carbons (Fsp3) is 0.462. The second-order valence-corrected chi connectivity index (χ2v) is 4.42. The minimum atomic E-state index is -0.148. The molecular formula is C13H19N3O2. The van der Waals surface area contributed by atoms with Crippen molar-refractivity contribution in [2.75, 3.05) is 25.1 Å². The lowest BCUT2D eigenvalue weighted by atomic mass is 10.1. The van der Waals surface area contributed by atoms with Gasteiger partial charge in [0.25, 0.3) is 0 Å². The van der Waals surface area contributed by atoms with Crippen LogP contribution in [0.5, 0.6) is 0 Å². The normalized spacial score (nSPS) is 17.9. The van der Waals surface area contributed by atoms with E-state index in [1.165, 1.54) is 7.11 Å². The lowest BCUT2D eigenvalue weighted by molar-refractivity contribution is 0.145. The molecule has 0 spiro atoms. The molecule has 3 N–H and O–H groups in total. The van der Waals surface area contributed by atoms with Gasteiger partial charge in [-0.1, -0.05) is 5.16 Å². The number of piperidine rings is 1. The molecule has 0 bridgehead atoms. The maximum Gasteiger partial charge on any atom is 0.170 e. The van der Waals surface area contributed by atoms with Crippen LogP contribution in [0.15, 0.2) is 29.4 Å². The first-order valence-electron chi connectivity index (χ1n) is 6.11. The van der Waals surface area contributed by atoms with Crippen LogP contribution in [0.4, 0.5) is 5.69 Å². The SMILES string of the molecule is CO/N=C(/N)c1ccc(N2CCC(O)CC2)cc1. The zero-order valence-corrected chi connectivity index (χ0v) is 10.5. The van der Waals surface area contributed by atoms with E-state index in [4.69, 9.17) is 5.73 Å². The summed E-state index contributed by atoms with van der Waals surface area (Å²) in [5.74, 6) is 0.373. The summed E-state index contributed by atoms with van der Waals surface area (Å²) in [6.45, 7) is 1.78. The number of nitrogens with two attached hydrogens (primary N) is 1. The predicted octanol–water partition coefficient (Wildman–Crippen LogP) is 0.914. The molecule has 5 nitrogen and oxygen atoms in total. The molecule has 1 heterocycles. The first kappa shape index (κ1) is 12.7. The van der Waals surface area contributed by atoms with Crippen LogP contribution >= 0.6 is 0 Å². The summed E-state index contributed by atoms with van der Waals surface area (Å²) in [6.07, 6.45) is 1.51. The van der Waals surface area contributed by atoms with Gasteiger partial charge in [0.15, 0.2) is 5.84 Å². The van der Waals surface area contributed by atoms with Gasteiger partial charge in [0.2, 0.25) is 0 Å². The van der Waals surface area contributed by atoms with Gasteiger partial charge in [-0.3, -0.25) is 0 Å². The van der Waals surface area contributed by atoms with Gasteiger partial charge in [0.1, 0.15) is 7.11 Å². The number of hydrogen-bond acceptors (Lipinski definition) is 4. The molecule has 0 aromatic heterocycles. The van der Waals surface area contributed by atoms with Gasteiger partial charge in [-0.2, -0.15) is 0 Å². The highest BCUT2D eigenvalue weighted by Crippen LogP contribution is 2.20. The number of hydrogen-bond donors (Lipinski definition) is 2. The molecule has 0 aliphatic carbocycles. The molecule has 1 aromatic carbocycles. The predicted molar refractivity (Wildman–Crippen MR) is 71.6 cm³/mol. The van der Waals surface area contributed by atoms with Crippen LogP contribution in [0, 0.1) is 0 Å². The molecule has 18 heavy (non-hydrogen) atoms. The number of anilines is 1. The fourth-order valence-corrected chi connectivity index (χ4v) is 2.12. The first-order chi connectivity index (χ1) is 8.70. The molecule has 1 aliphatic rings. The Hall–Kier alpha value is -1.75. The maximum atomic E-state index is 9.48. The van der Waals surface area contributed by atoms with E-state index < -0.39 is 0 Å². The Bertz CT molecular complexity index is 409. The molecule has 1 fully saturated rings. The van der Waals surface area contributed by atoms with Crippen molar-refractivity contribution in [2.24, 2.45) is 10.9 Å². The van der Waals surface area contributed by atoms with Crippen LogP contribution in [0.1, 0.15) is 18.4 Å². The molecule has 0 radical (unpaired) electrons. The minimum Gasteiger partial charge on any atom is -0.397 e. The van der Waals surface area contributed by atoms with E-state index in [9.17, 15) is 5.11 Å². The van der Waals surface area contributed by atoms with Crippen LogP contribution in [0.2, 0.25) is 0 Å². The van der Waals surface area contributed by atoms with Gasteiger partial charge in [-0.15, -0.1) is 0 Å². The molecule has 98 valence electrons. The first-order valence-corrected chi connectivity index (χ1v) is 6.11. The number of aliphatic hydroxyl groups excluding tert-OH is 1. The molecule has 2 rings (SSSR count). The van der Waals surface area contributed by atoms with Crippen molar-refractivity contribution < 1.29 is 9.94 Å².